The van der Waals surface area contributed by atoms with Crippen molar-refractivity contribution in [3.05, 3.63) is 18.2 Å². The Morgan fingerprint density at radius 2 is 2.20 bits per heavy atom. The summed E-state index contributed by atoms with van der Waals surface area (Å²) in [7, 11) is -2.85. The zero-order valence-corrected chi connectivity index (χ0v) is 9.92. The molecule has 0 unspecified atom stereocenters. The van der Waals surface area contributed by atoms with Gasteiger partial charge in [-0.05, 0) is 6.92 Å². The maximum atomic E-state index is 10.8. The quantitative estimate of drug-likeness (QED) is 0.690. The lowest BCUT2D eigenvalue weighted by molar-refractivity contribution is 0.582. The molecular formula is C9H17N3O2S. The van der Waals surface area contributed by atoms with E-state index in [1.165, 1.54) is 6.26 Å². The summed E-state index contributed by atoms with van der Waals surface area (Å²) < 4.78 is 23.7. The van der Waals surface area contributed by atoms with Crippen LogP contribution < -0.4 is 5.32 Å². The fraction of sp³-hybridized carbons (Fsp3) is 0.667. The number of aryl methyl sites for hydroxylation is 1. The van der Waals surface area contributed by atoms with Crippen molar-refractivity contribution in [3.63, 3.8) is 0 Å². The first-order valence-corrected chi connectivity index (χ1v) is 6.91. The lowest BCUT2D eigenvalue weighted by Crippen LogP contribution is -2.25. The number of rotatable bonds is 6. The number of hydrogen-bond acceptors (Lipinski definition) is 4. The number of nitrogens with one attached hydrogen (secondary N) is 1. The predicted molar refractivity (Wildman–Crippen MR) is 59.5 cm³/mol. The van der Waals surface area contributed by atoms with E-state index in [1.807, 2.05) is 17.7 Å². The van der Waals surface area contributed by atoms with Crippen LogP contribution in [0.1, 0.15) is 5.82 Å². The minimum Gasteiger partial charge on any atom is -0.334 e. The molecule has 0 aromatic carbocycles. The molecule has 6 heteroatoms. The topological polar surface area (TPSA) is 64.0 Å². The number of imidazole rings is 1. The van der Waals surface area contributed by atoms with Gasteiger partial charge in [0.15, 0.2) is 0 Å². The fourth-order valence-corrected chi connectivity index (χ4v) is 1.74. The van der Waals surface area contributed by atoms with Crippen LogP contribution >= 0.6 is 0 Å². The Labute approximate surface area is 90.4 Å². The van der Waals surface area contributed by atoms with E-state index in [4.69, 9.17) is 0 Å². The standard InChI is InChI=1S/C9H17N3O2S/c1-9-11-4-7-12(9)6-3-10-5-8-15(2,13)14/h4,7,10H,3,5-6,8H2,1-2H3. The SMILES string of the molecule is Cc1nccn1CCNCCS(C)(=O)=O. The summed E-state index contributed by atoms with van der Waals surface area (Å²) in [5.41, 5.74) is 0. The third-order valence-electron chi connectivity index (χ3n) is 2.10. The van der Waals surface area contributed by atoms with E-state index >= 15 is 0 Å². The fourth-order valence-electron chi connectivity index (χ4n) is 1.22. The van der Waals surface area contributed by atoms with Gasteiger partial charge >= 0.3 is 0 Å². The van der Waals surface area contributed by atoms with Gasteiger partial charge in [0.05, 0.1) is 5.75 Å². The molecule has 1 rings (SSSR count). The Kier molecular flexibility index (Phi) is 4.28. The van der Waals surface area contributed by atoms with Crippen molar-refractivity contribution in [2.75, 3.05) is 25.1 Å². The molecule has 0 aliphatic rings. The van der Waals surface area contributed by atoms with Crippen LogP contribution in [0.3, 0.4) is 0 Å². The van der Waals surface area contributed by atoms with Crippen LogP contribution in [-0.4, -0.2) is 43.1 Å². The molecule has 1 N–H and O–H groups in total. The van der Waals surface area contributed by atoms with Crippen molar-refractivity contribution in [2.45, 2.75) is 13.5 Å². The molecule has 0 aliphatic carbocycles. The Balaban J connectivity index is 2.15. The van der Waals surface area contributed by atoms with Gasteiger partial charge in [0.25, 0.3) is 0 Å². The number of sulfone groups is 1. The first kappa shape index (κ1) is 12.2. The molecule has 0 saturated carbocycles. The first-order chi connectivity index (χ1) is 6.99. The second kappa shape index (κ2) is 5.27. The van der Waals surface area contributed by atoms with Gasteiger partial charge in [0.2, 0.25) is 0 Å². The zero-order valence-electron chi connectivity index (χ0n) is 9.10. The van der Waals surface area contributed by atoms with Gasteiger partial charge in [-0.2, -0.15) is 0 Å². The van der Waals surface area contributed by atoms with E-state index in [2.05, 4.69) is 10.3 Å². The predicted octanol–water partition coefficient (Wildman–Crippen LogP) is -0.174. The average molecular weight is 231 g/mol. The molecule has 0 saturated heterocycles. The van der Waals surface area contributed by atoms with Gasteiger partial charge in [-0.3, -0.25) is 0 Å². The number of aromatic nitrogens is 2. The maximum Gasteiger partial charge on any atom is 0.148 e. The lowest BCUT2D eigenvalue weighted by atomic mass is 10.5. The van der Waals surface area contributed by atoms with E-state index in [-0.39, 0.29) is 5.75 Å². The van der Waals surface area contributed by atoms with Crippen molar-refractivity contribution in [3.8, 4) is 0 Å². The van der Waals surface area contributed by atoms with Crippen LogP contribution in [0.2, 0.25) is 0 Å². The maximum absolute atomic E-state index is 10.8. The summed E-state index contributed by atoms with van der Waals surface area (Å²) in [6.07, 6.45) is 4.91. The van der Waals surface area contributed by atoms with Crippen molar-refractivity contribution in [1.29, 1.82) is 0 Å². The molecular weight excluding hydrogens is 214 g/mol. The van der Waals surface area contributed by atoms with Gasteiger partial charge in [0.1, 0.15) is 15.7 Å². The van der Waals surface area contributed by atoms with Crippen LogP contribution in [0.5, 0.6) is 0 Å². The molecule has 86 valence electrons. The summed E-state index contributed by atoms with van der Waals surface area (Å²) in [4.78, 5) is 4.09. The molecule has 15 heavy (non-hydrogen) atoms. The molecule has 0 amide bonds. The van der Waals surface area contributed by atoms with Gasteiger partial charge in [0, 0.05) is 38.3 Å². The van der Waals surface area contributed by atoms with Gasteiger partial charge in [-0.15, -0.1) is 0 Å². The van der Waals surface area contributed by atoms with Crippen molar-refractivity contribution in [1.82, 2.24) is 14.9 Å². The Morgan fingerprint density at radius 1 is 1.47 bits per heavy atom. The second-order valence-electron chi connectivity index (χ2n) is 3.55. The summed E-state index contributed by atoms with van der Waals surface area (Å²) in [6, 6.07) is 0. The number of nitrogens with zero attached hydrogens (tertiary/aromatic N) is 2. The number of hydrogen-bond donors (Lipinski definition) is 1. The molecule has 0 bridgehead atoms. The lowest BCUT2D eigenvalue weighted by Gasteiger charge is -2.06. The minimum atomic E-state index is -2.85. The molecule has 0 radical (unpaired) electrons. The third-order valence-corrected chi connectivity index (χ3v) is 3.05. The molecule has 0 spiro atoms. The molecule has 1 aromatic rings. The average Bonchev–Trinajstić information content (AvgIpc) is 2.49. The molecule has 1 aromatic heterocycles. The highest BCUT2D eigenvalue weighted by Gasteiger charge is 2.00. The van der Waals surface area contributed by atoms with E-state index in [1.54, 1.807) is 6.20 Å². The largest absolute Gasteiger partial charge is 0.334 e. The normalized spacial score (nSPS) is 11.9. The highest BCUT2D eigenvalue weighted by Crippen LogP contribution is 1.93. The van der Waals surface area contributed by atoms with Gasteiger partial charge in [-0.25, -0.2) is 13.4 Å². The smallest absolute Gasteiger partial charge is 0.148 e. The molecule has 1 heterocycles. The second-order valence-corrected chi connectivity index (χ2v) is 5.81. The molecule has 0 aliphatic heterocycles. The van der Waals surface area contributed by atoms with Gasteiger partial charge in [-0.1, -0.05) is 0 Å². The summed E-state index contributed by atoms with van der Waals surface area (Å²) in [6.45, 7) is 4.02. The molecule has 0 atom stereocenters. The van der Waals surface area contributed by atoms with Crippen molar-refractivity contribution < 1.29 is 8.42 Å². The summed E-state index contributed by atoms with van der Waals surface area (Å²) in [5, 5.41) is 3.08. The van der Waals surface area contributed by atoms with Crippen LogP contribution in [0.4, 0.5) is 0 Å². The minimum absolute atomic E-state index is 0.190. The van der Waals surface area contributed by atoms with Crippen LogP contribution in [0.15, 0.2) is 12.4 Å². The van der Waals surface area contributed by atoms with Crippen molar-refractivity contribution >= 4 is 9.84 Å². The Bertz CT molecular complexity index is 397. The van der Waals surface area contributed by atoms with E-state index in [0.717, 1.165) is 18.9 Å². The Morgan fingerprint density at radius 3 is 2.73 bits per heavy atom. The van der Waals surface area contributed by atoms with Gasteiger partial charge < -0.3 is 9.88 Å². The summed E-state index contributed by atoms with van der Waals surface area (Å²) in [5.74, 6) is 1.16. The monoisotopic (exact) mass is 231 g/mol. The van der Waals surface area contributed by atoms with Crippen LogP contribution in [-0.2, 0) is 16.4 Å². The third kappa shape index (κ3) is 4.94. The zero-order chi connectivity index (χ0) is 11.3. The van der Waals surface area contributed by atoms with E-state index in [0.29, 0.717) is 6.54 Å². The van der Waals surface area contributed by atoms with Crippen LogP contribution in [0.25, 0.3) is 0 Å². The molecule has 5 nitrogen and oxygen atoms in total. The highest BCUT2D eigenvalue weighted by molar-refractivity contribution is 7.90. The Hall–Kier alpha value is -0.880. The molecule has 0 fully saturated rings. The van der Waals surface area contributed by atoms with Crippen LogP contribution in [0, 0.1) is 6.92 Å². The van der Waals surface area contributed by atoms with Crippen molar-refractivity contribution in [2.24, 2.45) is 0 Å². The first-order valence-electron chi connectivity index (χ1n) is 4.85. The van der Waals surface area contributed by atoms with E-state index in [9.17, 15) is 8.42 Å². The summed E-state index contributed by atoms with van der Waals surface area (Å²) >= 11 is 0. The highest BCUT2D eigenvalue weighted by atomic mass is 32.2. The van der Waals surface area contributed by atoms with E-state index < -0.39 is 9.84 Å².